The van der Waals surface area contributed by atoms with E-state index in [-0.39, 0.29) is 25.2 Å². The number of Topliss-reactive ketones (excluding diaryl/α,β-unsaturated/α-hetero) is 1. The molecule has 0 radical (unpaired) electrons. The zero-order valence-electron chi connectivity index (χ0n) is 9.89. The molecule has 1 heterocycles. The quantitative estimate of drug-likeness (QED) is 0.765. The molecule has 1 rings (SSSR count). The predicted molar refractivity (Wildman–Crippen MR) is 67.6 cm³/mol. The molecule has 0 saturated carbocycles. The van der Waals surface area contributed by atoms with Crippen molar-refractivity contribution in [1.82, 2.24) is 5.32 Å². The summed E-state index contributed by atoms with van der Waals surface area (Å²) >= 11 is 1.38. The van der Waals surface area contributed by atoms with Gasteiger partial charge in [0, 0.05) is 6.42 Å². The van der Waals surface area contributed by atoms with Crippen molar-refractivity contribution >= 4 is 34.1 Å². The number of methoxy groups -OCH3 is 1. The van der Waals surface area contributed by atoms with Gasteiger partial charge in [-0.2, -0.15) is 0 Å². The lowest BCUT2D eigenvalue weighted by molar-refractivity contribution is -0.141. The second-order valence-corrected chi connectivity index (χ2v) is 4.35. The zero-order valence-corrected chi connectivity index (χ0v) is 10.7. The zero-order chi connectivity index (χ0) is 13.4. The highest BCUT2D eigenvalue weighted by atomic mass is 32.1. The topological polar surface area (TPSA) is 84.5 Å². The molecule has 1 aromatic rings. The fourth-order valence-electron chi connectivity index (χ4n) is 1.12. The first-order chi connectivity index (χ1) is 8.61. The van der Waals surface area contributed by atoms with Crippen LogP contribution in [0.5, 0.6) is 0 Å². The van der Waals surface area contributed by atoms with Crippen LogP contribution in [0.2, 0.25) is 0 Å². The third-order valence-corrected chi connectivity index (χ3v) is 2.82. The number of ketones is 1. The van der Waals surface area contributed by atoms with Gasteiger partial charge >= 0.3 is 12.0 Å². The summed E-state index contributed by atoms with van der Waals surface area (Å²) in [5, 5.41) is 7.53. The van der Waals surface area contributed by atoms with Crippen molar-refractivity contribution in [1.29, 1.82) is 0 Å². The van der Waals surface area contributed by atoms with Gasteiger partial charge in [-0.3, -0.25) is 14.9 Å². The molecule has 7 heteroatoms. The molecule has 0 fully saturated rings. The SMILES string of the molecule is COC(=O)CCC(=O)CNC(=O)Nc1cccs1. The molecule has 0 aliphatic heterocycles. The summed E-state index contributed by atoms with van der Waals surface area (Å²) in [6.07, 6.45) is 0.0928. The number of carbonyl (C=O) groups excluding carboxylic acids is 3. The van der Waals surface area contributed by atoms with Gasteiger partial charge in [0.2, 0.25) is 0 Å². The standard InChI is InChI=1S/C11H14N2O4S/c1-17-10(15)5-4-8(14)7-12-11(16)13-9-3-2-6-18-9/h2-3,6H,4-5,7H2,1H3,(H2,12,13,16). The van der Waals surface area contributed by atoms with Crippen molar-refractivity contribution in [2.75, 3.05) is 19.0 Å². The number of thiophene rings is 1. The average Bonchev–Trinajstić information content (AvgIpc) is 2.86. The average molecular weight is 270 g/mol. The predicted octanol–water partition coefficient (Wildman–Crippen LogP) is 1.39. The molecular weight excluding hydrogens is 256 g/mol. The van der Waals surface area contributed by atoms with E-state index in [9.17, 15) is 14.4 Å². The number of anilines is 1. The van der Waals surface area contributed by atoms with E-state index in [0.29, 0.717) is 5.00 Å². The number of carbonyl (C=O) groups is 3. The number of hydrogen-bond acceptors (Lipinski definition) is 5. The summed E-state index contributed by atoms with van der Waals surface area (Å²) in [7, 11) is 1.26. The van der Waals surface area contributed by atoms with Gasteiger partial charge in [0.1, 0.15) is 0 Å². The normalized spacial score (nSPS) is 9.61. The molecule has 0 unspecified atom stereocenters. The van der Waals surface area contributed by atoms with E-state index in [2.05, 4.69) is 15.4 Å². The summed E-state index contributed by atoms with van der Waals surface area (Å²) in [5.41, 5.74) is 0. The van der Waals surface area contributed by atoms with Gasteiger partial charge in [-0.1, -0.05) is 0 Å². The van der Waals surface area contributed by atoms with Gasteiger partial charge in [0.15, 0.2) is 5.78 Å². The third kappa shape index (κ3) is 5.44. The van der Waals surface area contributed by atoms with Gasteiger partial charge in [0.25, 0.3) is 0 Å². The number of rotatable bonds is 6. The summed E-state index contributed by atoms with van der Waals surface area (Å²) in [6.45, 7) is -0.103. The molecule has 18 heavy (non-hydrogen) atoms. The molecular formula is C11H14N2O4S. The van der Waals surface area contributed by atoms with Crippen LogP contribution in [0.15, 0.2) is 17.5 Å². The van der Waals surface area contributed by atoms with Gasteiger partial charge in [-0.05, 0) is 17.5 Å². The smallest absolute Gasteiger partial charge is 0.320 e. The lowest BCUT2D eigenvalue weighted by atomic mass is 10.2. The Balaban J connectivity index is 2.18. The molecule has 0 atom stereocenters. The Morgan fingerprint density at radius 1 is 1.33 bits per heavy atom. The van der Waals surface area contributed by atoms with Gasteiger partial charge < -0.3 is 10.1 Å². The molecule has 6 nitrogen and oxygen atoms in total. The summed E-state index contributed by atoms with van der Waals surface area (Å²) in [6, 6.07) is 3.12. The summed E-state index contributed by atoms with van der Waals surface area (Å²) in [5.74, 6) is -0.659. The molecule has 0 spiro atoms. The second-order valence-electron chi connectivity index (χ2n) is 3.40. The number of esters is 1. The largest absolute Gasteiger partial charge is 0.469 e. The van der Waals surface area contributed by atoms with Crippen molar-refractivity contribution in [2.45, 2.75) is 12.8 Å². The van der Waals surface area contributed by atoms with E-state index in [1.165, 1.54) is 18.4 Å². The Labute approximate surface area is 108 Å². The molecule has 98 valence electrons. The van der Waals surface area contributed by atoms with Gasteiger partial charge in [0.05, 0.1) is 25.1 Å². The highest BCUT2D eigenvalue weighted by Crippen LogP contribution is 2.14. The van der Waals surface area contributed by atoms with Gasteiger partial charge in [-0.15, -0.1) is 11.3 Å². The first-order valence-corrected chi connectivity index (χ1v) is 6.16. The maximum absolute atomic E-state index is 11.3. The van der Waals surface area contributed by atoms with E-state index in [0.717, 1.165) is 0 Å². The lowest BCUT2D eigenvalue weighted by Crippen LogP contribution is -2.33. The Bertz CT molecular complexity index is 417. The minimum atomic E-state index is -0.441. The number of nitrogens with one attached hydrogen (secondary N) is 2. The van der Waals surface area contributed by atoms with Crippen LogP contribution in [0.25, 0.3) is 0 Å². The molecule has 0 aliphatic carbocycles. The molecule has 0 saturated heterocycles. The van der Waals surface area contributed by atoms with Crippen LogP contribution in [0.4, 0.5) is 9.80 Å². The molecule has 2 amide bonds. The Hall–Kier alpha value is -1.89. The van der Waals surface area contributed by atoms with Crippen molar-refractivity contribution < 1.29 is 19.1 Å². The fraction of sp³-hybridized carbons (Fsp3) is 0.364. The fourth-order valence-corrected chi connectivity index (χ4v) is 1.73. The molecule has 0 aliphatic rings. The number of ether oxygens (including phenoxy) is 1. The van der Waals surface area contributed by atoms with E-state index in [1.54, 1.807) is 6.07 Å². The minimum absolute atomic E-state index is 0.0313. The molecule has 2 N–H and O–H groups in total. The van der Waals surface area contributed by atoms with E-state index >= 15 is 0 Å². The third-order valence-electron chi connectivity index (χ3n) is 2.04. The highest BCUT2D eigenvalue weighted by Gasteiger charge is 2.08. The summed E-state index contributed by atoms with van der Waals surface area (Å²) in [4.78, 5) is 33.5. The lowest BCUT2D eigenvalue weighted by Gasteiger charge is -2.05. The van der Waals surface area contributed by atoms with Crippen LogP contribution in [-0.4, -0.2) is 31.4 Å². The van der Waals surface area contributed by atoms with Crippen LogP contribution < -0.4 is 10.6 Å². The van der Waals surface area contributed by atoms with Crippen LogP contribution in [-0.2, 0) is 14.3 Å². The Morgan fingerprint density at radius 3 is 2.72 bits per heavy atom. The maximum atomic E-state index is 11.3. The summed E-state index contributed by atoms with van der Waals surface area (Å²) < 4.78 is 4.41. The second kappa shape index (κ2) is 7.44. The Morgan fingerprint density at radius 2 is 2.11 bits per heavy atom. The number of hydrogen-bond donors (Lipinski definition) is 2. The first-order valence-electron chi connectivity index (χ1n) is 5.28. The van der Waals surface area contributed by atoms with Crippen molar-refractivity contribution in [3.63, 3.8) is 0 Å². The van der Waals surface area contributed by atoms with Crippen LogP contribution in [0, 0.1) is 0 Å². The highest BCUT2D eigenvalue weighted by molar-refractivity contribution is 7.14. The first kappa shape index (κ1) is 14.2. The van der Waals surface area contributed by atoms with E-state index < -0.39 is 12.0 Å². The van der Waals surface area contributed by atoms with Crippen molar-refractivity contribution in [3.8, 4) is 0 Å². The van der Waals surface area contributed by atoms with Crippen LogP contribution in [0.3, 0.4) is 0 Å². The molecule has 1 aromatic heterocycles. The number of urea groups is 1. The number of amides is 2. The van der Waals surface area contributed by atoms with Crippen molar-refractivity contribution in [3.05, 3.63) is 17.5 Å². The molecule has 0 bridgehead atoms. The minimum Gasteiger partial charge on any atom is -0.469 e. The van der Waals surface area contributed by atoms with Crippen LogP contribution in [0.1, 0.15) is 12.8 Å². The Kier molecular flexibility index (Phi) is 5.86. The van der Waals surface area contributed by atoms with E-state index in [4.69, 9.17) is 0 Å². The van der Waals surface area contributed by atoms with Gasteiger partial charge in [-0.25, -0.2) is 4.79 Å². The van der Waals surface area contributed by atoms with Crippen molar-refractivity contribution in [2.24, 2.45) is 0 Å². The monoisotopic (exact) mass is 270 g/mol. The van der Waals surface area contributed by atoms with E-state index in [1.807, 2.05) is 11.4 Å². The van der Waals surface area contributed by atoms with Crippen LogP contribution >= 0.6 is 11.3 Å². The maximum Gasteiger partial charge on any atom is 0.320 e. The molecule has 0 aromatic carbocycles.